The van der Waals surface area contributed by atoms with Crippen LogP contribution in [0.3, 0.4) is 0 Å². The molecule has 104 valence electrons. The number of aliphatic hydroxyl groups excluding tert-OH is 1. The van der Waals surface area contributed by atoms with Gasteiger partial charge in [-0.25, -0.2) is 4.39 Å². The molecule has 1 atom stereocenters. The van der Waals surface area contributed by atoms with Crippen LogP contribution < -0.4 is 5.73 Å². The summed E-state index contributed by atoms with van der Waals surface area (Å²) in [4.78, 5) is 2.11. The lowest BCUT2D eigenvalue weighted by molar-refractivity contribution is 0.219. The first-order valence-electron chi connectivity index (χ1n) is 6.23. The second kappa shape index (κ2) is 5.99. The Morgan fingerprint density at radius 3 is 2.89 bits per heavy atom. The van der Waals surface area contributed by atoms with Gasteiger partial charge in [-0.15, -0.1) is 0 Å². The van der Waals surface area contributed by atoms with Crippen molar-refractivity contribution in [2.24, 2.45) is 16.8 Å². The summed E-state index contributed by atoms with van der Waals surface area (Å²) in [5.41, 5.74) is 6.34. The van der Waals surface area contributed by atoms with Crippen molar-refractivity contribution in [3.63, 3.8) is 0 Å². The van der Waals surface area contributed by atoms with E-state index in [0.717, 1.165) is 19.5 Å². The topological polar surface area (TPSA) is 82.1 Å². The summed E-state index contributed by atoms with van der Waals surface area (Å²) in [6, 6.07) is 4.55. The lowest BCUT2D eigenvalue weighted by Gasteiger charge is -2.16. The first-order chi connectivity index (χ1) is 9.13. The van der Waals surface area contributed by atoms with Crippen LogP contribution in [0.25, 0.3) is 0 Å². The number of likely N-dealkylation sites (tertiary alicyclic amines) is 1. The zero-order chi connectivity index (χ0) is 13.8. The number of hydrogen-bond acceptors (Lipinski definition) is 4. The molecule has 2 rings (SSSR count). The van der Waals surface area contributed by atoms with Gasteiger partial charge in [-0.2, -0.15) is 0 Å². The van der Waals surface area contributed by atoms with E-state index in [4.69, 9.17) is 16.0 Å². The minimum Gasteiger partial charge on any atom is -0.409 e. The van der Waals surface area contributed by atoms with Gasteiger partial charge in [-0.1, -0.05) is 17.3 Å². The van der Waals surface area contributed by atoms with Gasteiger partial charge in [0.15, 0.2) is 5.84 Å². The van der Waals surface area contributed by atoms with Crippen LogP contribution in [0.4, 0.5) is 4.39 Å². The summed E-state index contributed by atoms with van der Waals surface area (Å²) in [5, 5.41) is 20.5. The highest BCUT2D eigenvalue weighted by Gasteiger charge is 2.22. The fourth-order valence-electron chi connectivity index (χ4n) is 2.34. The zero-order valence-electron chi connectivity index (χ0n) is 10.6. The van der Waals surface area contributed by atoms with Gasteiger partial charge in [-0.05, 0) is 24.9 Å². The van der Waals surface area contributed by atoms with Crippen LogP contribution in [0.1, 0.15) is 17.5 Å². The highest BCUT2D eigenvalue weighted by Crippen LogP contribution is 2.20. The predicted molar refractivity (Wildman–Crippen MR) is 69.4 cm³/mol. The van der Waals surface area contributed by atoms with Crippen molar-refractivity contribution in [3.8, 4) is 0 Å². The number of oxime groups is 1. The summed E-state index contributed by atoms with van der Waals surface area (Å²) < 4.78 is 13.9. The smallest absolute Gasteiger partial charge is 0.170 e. The molecular weight excluding hydrogens is 249 g/mol. The maximum Gasteiger partial charge on any atom is 0.170 e. The van der Waals surface area contributed by atoms with Crippen LogP contribution in [0.15, 0.2) is 23.4 Å². The molecule has 4 N–H and O–H groups in total. The zero-order valence-corrected chi connectivity index (χ0v) is 10.6. The second-order valence-electron chi connectivity index (χ2n) is 4.86. The minimum absolute atomic E-state index is 0.105. The van der Waals surface area contributed by atoms with E-state index in [0.29, 0.717) is 23.6 Å². The Bertz CT molecular complexity index is 479. The molecule has 1 aromatic rings. The Hall–Kier alpha value is -1.66. The van der Waals surface area contributed by atoms with Crippen molar-refractivity contribution in [2.45, 2.75) is 13.0 Å². The third-order valence-electron chi connectivity index (χ3n) is 3.48. The molecule has 1 aromatic carbocycles. The van der Waals surface area contributed by atoms with Crippen LogP contribution in [-0.4, -0.2) is 40.7 Å². The highest BCUT2D eigenvalue weighted by atomic mass is 19.1. The fraction of sp³-hybridized carbons (Fsp3) is 0.462. The number of nitrogens with two attached hydrogens (primary N) is 1. The number of hydrogen-bond donors (Lipinski definition) is 3. The first kappa shape index (κ1) is 13.8. The molecule has 1 aliphatic heterocycles. The fourth-order valence-corrected chi connectivity index (χ4v) is 2.34. The summed E-state index contributed by atoms with van der Waals surface area (Å²) in [7, 11) is 0. The molecule has 0 amide bonds. The number of halogens is 1. The van der Waals surface area contributed by atoms with E-state index in [2.05, 4.69) is 10.1 Å². The first-order valence-corrected chi connectivity index (χ1v) is 6.23. The normalized spacial score (nSPS) is 20.9. The molecule has 0 radical (unpaired) electrons. The molecule has 1 unspecified atom stereocenters. The lowest BCUT2D eigenvalue weighted by Crippen LogP contribution is -2.22. The Labute approximate surface area is 111 Å². The maximum absolute atomic E-state index is 13.9. The van der Waals surface area contributed by atoms with Gasteiger partial charge in [0.25, 0.3) is 0 Å². The van der Waals surface area contributed by atoms with Crippen LogP contribution in [0.5, 0.6) is 0 Å². The highest BCUT2D eigenvalue weighted by molar-refractivity contribution is 5.97. The van der Waals surface area contributed by atoms with Gasteiger partial charge in [0.1, 0.15) is 5.82 Å². The predicted octanol–water partition coefficient (Wildman–Crippen LogP) is 0.734. The van der Waals surface area contributed by atoms with Crippen LogP contribution >= 0.6 is 0 Å². The van der Waals surface area contributed by atoms with Gasteiger partial charge in [0.2, 0.25) is 0 Å². The second-order valence-corrected chi connectivity index (χ2v) is 4.86. The van der Waals surface area contributed by atoms with Crippen LogP contribution in [0, 0.1) is 11.7 Å². The van der Waals surface area contributed by atoms with E-state index in [-0.39, 0.29) is 18.3 Å². The average molecular weight is 267 g/mol. The van der Waals surface area contributed by atoms with Crippen LogP contribution in [0.2, 0.25) is 0 Å². The standard InChI is InChI=1S/C13H18FN3O2/c14-12-5-10(13(15)16-19)1-2-11(12)7-17-4-3-9(6-17)8-18/h1-2,5,9,18-19H,3-4,6-8H2,(H2,15,16). The van der Waals surface area contributed by atoms with Gasteiger partial charge in [-0.3, -0.25) is 4.90 Å². The Kier molecular flexibility index (Phi) is 4.34. The van der Waals surface area contributed by atoms with E-state index in [9.17, 15) is 4.39 Å². The van der Waals surface area contributed by atoms with Crippen molar-refractivity contribution >= 4 is 5.84 Å². The molecule has 1 heterocycles. The van der Waals surface area contributed by atoms with Gasteiger partial charge in [0, 0.05) is 30.8 Å². The Balaban J connectivity index is 2.06. The van der Waals surface area contributed by atoms with Crippen molar-refractivity contribution in [1.29, 1.82) is 0 Å². The molecule has 0 aromatic heterocycles. The van der Waals surface area contributed by atoms with E-state index in [1.54, 1.807) is 12.1 Å². The molecule has 0 aliphatic carbocycles. The third kappa shape index (κ3) is 3.21. The summed E-state index contributed by atoms with van der Waals surface area (Å²) >= 11 is 0. The molecule has 5 nitrogen and oxygen atoms in total. The number of rotatable bonds is 4. The monoisotopic (exact) mass is 267 g/mol. The summed E-state index contributed by atoms with van der Waals surface area (Å²) in [6.07, 6.45) is 0.945. The number of benzene rings is 1. The number of amidine groups is 1. The lowest BCUT2D eigenvalue weighted by atomic mass is 10.1. The quantitative estimate of drug-likeness (QED) is 0.325. The molecular formula is C13H18FN3O2. The van der Waals surface area contributed by atoms with Gasteiger partial charge in [0.05, 0.1) is 0 Å². The summed E-state index contributed by atoms with van der Waals surface area (Å²) in [6.45, 7) is 2.35. The molecule has 1 fully saturated rings. The van der Waals surface area contributed by atoms with E-state index in [1.165, 1.54) is 6.07 Å². The average Bonchev–Trinajstić information content (AvgIpc) is 2.88. The number of nitrogens with zero attached hydrogens (tertiary/aromatic N) is 2. The molecule has 19 heavy (non-hydrogen) atoms. The van der Waals surface area contributed by atoms with Crippen molar-refractivity contribution in [1.82, 2.24) is 4.90 Å². The molecule has 0 saturated carbocycles. The summed E-state index contributed by atoms with van der Waals surface area (Å²) in [5.74, 6) is -0.178. The Morgan fingerprint density at radius 1 is 1.53 bits per heavy atom. The molecule has 1 saturated heterocycles. The molecule has 0 spiro atoms. The minimum atomic E-state index is -0.364. The molecule has 0 bridgehead atoms. The molecule has 1 aliphatic rings. The maximum atomic E-state index is 13.9. The third-order valence-corrected chi connectivity index (χ3v) is 3.48. The number of aliphatic hydroxyl groups is 1. The SMILES string of the molecule is N/C(=N/O)c1ccc(CN2CCC(CO)C2)c(F)c1. The van der Waals surface area contributed by atoms with E-state index in [1.807, 2.05) is 0 Å². The van der Waals surface area contributed by atoms with Crippen molar-refractivity contribution in [3.05, 3.63) is 35.1 Å². The van der Waals surface area contributed by atoms with E-state index < -0.39 is 0 Å². The Morgan fingerprint density at radius 2 is 2.32 bits per heavy atom. The van der Waals surface area contributed by atoms with E-state index >= 15 is 0 Å². The van der Waals surface area contributed by atoms with Gasteiger partial charge >= 0.3 is 0 Å². The van der Waals surface area contributed by atoms with Crippen LogP contribution in [-0.2, 0) is 6.54 Å². The van der Waals surface area contributed by atoms with Crippen molar-refractivity contribution < 1.29 is 14.7 Å². The molecule has 6 heteroatoms. The van der Waals surface area contributed by atoms with Gasteiger partial charge < -0.3 is 16.0 Å². The largest absolute Gasteiger partial charge is 0.409 e. The van der Waals surface area contributed by atoms with Crippen molar-refractivity contribution in [2.75, 3.05) is 19.7 Å².